The molecule has 0 spiro atoms. The molecular weight excluding hydrogens is 535 g/mol. The zero-order valence-electron chi connectivity index (χ0n) is 19.7. The van der Waals surface area contributed by atoms with Crippen molar-refractivity contribution in [1.82, 2.24) is 15.4 Å². The van der Waals surface area contributed by atoms with Crippen molar-refractivity contribution in [2.75, 3.05) is 13.1 Å². The second kappa shape index (κ2) is 13.8. The Morgan fingerprint density at radius 1 is 1.00 bits per heavy atom. The summed E-state index contributed by atoms with van der Waals surface area (Å²) in [6, 6.07) is 16.0. The first-order chi connectivity index (χ1) is 14.7. The fourth-order valence-electron chi connectivity index (χ4n) is 3.31. The van der Waals surface area contributed by atoms with Gasteiger partial charge in [-0.25, -0.2) is 18.1 Å². The average molecular weight is 573 g/mol. The Kier molecular flexibility index (Phi) is 12.2. The van der Waals surface area contributed by atoms with E-state index in [0.717, 1.165) is 30.2 Å². The molecule has 178 valence electrons. The van der Waals surface area contributed by atoms with Crippen LogP contribution in [0.1, 0.15) is 55.9 Å². The lowest BCUT2D eigenvalue weighted by molar-refractivity contribution is 0.569. The predicted molar refractivity (Wildman–Crippen MR) is 145 cm³/mol. The lowest BCUT2D eigenvalue weighted by Crippen LogP contribution is -2.39. The van der Waals surface area contributed by atoms with Gasteiger partial charge in [0.05, 0.1) is 12.3 Å². The summed E-state index contributed by atoms with van der Waals surface area (Å²) in [4.78, 5) is 4.70. The van der Waals surface area contributed by atoms with Gasteiger partial charge in [-0.3, -0.25) is 0 Å². The number of guanidine groups is 1. The summed E-state index contributed by atoms with van der Waals surface area (Å²) in [7, 11) is -3.39. The summed E-state index contributed by atoms with van der Waals surface area (Å²) in [5.41, 5.74) is 4.21. The predicted octanol–water partition coefficient (Wildman–Crippen LogP) is 4.30. The number of sulfonamides is 1. The van der Waals surface area contributed by atoms with Crippen LogP contribution in [-0.2, 0) is 22.3 Å². The smallest absolute Gasteiger partial charge is 0.216 e. The molecule has 8 heteroatoms. The molecule has 0 aliphatic heterocycles. The summed E-state index contributed by atoms with van der Waals surface area (Å²) >= 11 is 0. The Bertz CT molecular complexity index is 977. The number of hydrogen-bond acceptors (Lipinski definition) is 3. The Hall–Kier alpha value is -1.65. The third-order valence-corrected chi connectivity index (χ3v) is 6.34. The van der Waals surface area contributed by atoms with E-state index in [1.807, 2.05) is 45.0 Å². The highest BCUT2D eigenvalue weighted by Gasteiger charge is 2.15. The van der Waals surface area contributed by atoms with Gasteiger partial charge in [0.15, 0.2) is 5.96 Å². The first-order valence-electron chi connectivity index (χ1n) is 10.9. The fraction of sp³-hybridized carbons (Fsp3) is 0.458. The van der Waals surface area contributed by atoms with Crippen LogP contribution in [0.15, 0.2) is 53.5 Å². The van der Waals surface area contributed by atoms with Gasteiger partial charge in [0.25, 0.3) is 0 Å². The van der Waals surface area contributed by atoms with Gasteiger partial charge in [0, 0.05) is 19.1 Å². The summed E-state index contributed by atoms with van der Waals surface area (Å²) in [5, 5.41) is 6.68. The van der Waals surface area contributed by atoms with Gasteiger partial charge in [-0.1, -0.05) is 61.0 Å². The standard InChI is InChI=1S/C24H36N4O2S.HI/c1-6-25-24(26-15-20(5)21-13-9-10-19(4)14-21)27-16-22-11-7-8-12-23(22)17-31(29,30)28-18(2)3;/h7-14,18,20,28H,6,15-17H2,1-5H3,(H2,25,26,27);1H. The molecular formula is C24H37IN4O2S. The second-order valence-electron chi connectivity index (χ2n) is 8.19. The van der Waals surface area contributed by atoms with E-state index in [2.05, 4.69) is 53.5 Å². The maximum absolute atomic E-state index is 12.4. The number of aryl methyl sites for hydroxylation is 1. The molecule has 2 aromatic rings. The zero-order valence-corrected chi connectivity index (χ0v) is 22.8. The minimum absolute atomic E-state index is 0. The highest BCUT2D eigenvalue weighted by atomic mass is 127. The molecule has 0 aliphatic carbocycles. The van der Waals surface area contributed by atoms with Crippen molar-refractivity contribution < 1.29 is 8.42 Å². The minimum atomic E-state index is -3.39. The summed E-state index contributed by atoms with van der Waals surface area (Å²) < 4.78 is 27.4. The van der Waals surface area contributed by atoms with Gasteiger partial charge in [-0.2, -0.15) is 0 Å². The largest absolute Gasteiger partial charge is 0.357 e. The number of halogens is 1. The van der Waals surface area contributed by atoms with E-state index in [1.54, 1.807) is 0 Å². The highest BCUT2D eigenvalue weighted by molar-refractivity contribution is 14.0. The maximum atomic E-state index is 12.4. The van der Waals surface area contributed by atoms with Crippen LogP contribution in [-0.4, -0.2) is 33.5 Å². The first kappa shape index (κ1) is 28.4. The molecule has 0 bridgehead atoms. The van der Waals surface area contributed by atoms with Crippen molar-refractivity contribution in [2.45, 2.75) is 58.9 Å². The second-order valence-corrected chi connectivity index (χ2v) is 9.95. The lowest BCUT2D eigenvalue weighted by Gasteiger charge is -2.17. The van der Waals surface area contributed by atoms with Crippen LogP contribution >= 0.6 is 24.0 Å². The normalized spacial score (nSPS) is 12.9. The molecule has 0 radical (unpaired) electrons. The Morgan fingerprint density at radius 3 is 2.31 bits per heavy atom. The monoisotopic (exact) mass is 572 g/mol. The first-order valence-corrected chi connectivity index (χ1v) is 12.5. The van der Waals surface area contributed by atoms with E-state index >= 15 is 0 Å². The van der Waals surface area contributed by atoms with Gasteiger partial charge in [0.1, 0.15) is 0 Å². The van der Waals surface area contributed by atoms with Crippen LogP contribution < -0.4 is 15.4 Å². The minimum Gasteiger partial charge on any atom is -0.357 e. The molecule has 6 nitrogen and oxygen atoms in total. The van der Waals surface area contributed by atoms with E-state index in [-0.39, 0.29) is 35.8 Å². The molecule has 2 aromatic carbocycles. The summed E-state index contributed by atoms with van der Waals surface area (Å²) in [5.74, 6) is 1.01. The Labute approximate surface area is 210 Å². The molecule has 0 aliphatic rings. The van der Waals surface area contributed by atoms with Crippen LogP contribution in [0.2, 0.25) is 0 Å². The number of hydrogen-bond donors (Lipinski definition) is 3. The van der Waals surface area contributed by atoms with Crippen LogP contribution in [0.5, 0.6) is 0 Å². The van der Waals surface area contributed by atoms with E-state index in [9.17, 15) is 8.42 Å². The molecule has 0 heterocycles. The molecule has 2 rings (SSSR count). The van der Waals surface area contributed by atoms with Crippen molar-refractivity contribution in [2.24, 2.45) is 4.99 Å². The van der Waals surface area contributed by atoms with Crippen molar-refractivity contribution >= 4 is 40.0 Å². The number of benzene rings is 2. The average Bonchev–Trinajstić information content (AvgIpc) is 2.69. The molecule has 1 atom stereocenters. The van der Waals surface area contributed by atoms with Crippen molar-refractivity contribution in [3.8, 4) is 0 Å². The van der Waals surface area contributed by atoms with Crippen LogP contribution in [0.4, 0.5) is 0 Å². The lowest BCUT2D eigenvalue weighted by atomic mass is 9.99. The van der Waals surface area contributed by atoms with Crippen molar-refractivity contribution in [1.29, 1.82) is 0 Å². The van der Waals surface area contributed by atoms with Gasteiger partial charge >= 0.3 is 0 Å². The number of aliphatic imine (C=N–C) groups is 1. The highest BCUT2D eigenvalue weighted by Crippen LogP contribution is 2.16. The topological polar surface area (TPSA) is 82.6 Å². The molecule has 0 saturated heterocycles. The van der Waals surface area contributed by atoms with Crippen LogP contribution in [0.25, 0.3) is 0 Å². The number of rotatable bonds is 10. The molecule has 0 amide bonds. The number of nitrogens with zero attached hydrogens (tertiary/aromatic N) is 1. The third-order valence-electron chi connectivity index (χ3n) is 4.82. The Balaban J connectivity index is 0.00000512. The maximum Gasteiger partial charge on any atom is 0.216 e. The number of nitrogens with one attached hydrogen (secondary N) is 3. The quantitative estimate of drug-likeness (QED) is 0.225. The molecule has 0 aromatic heterocycles. The van der Waals surface area contributed by atoms with Gasteiger partial charge in [0.2, 0.25) is 10.0 Å². The van der Waals surface area contributed by atoms with Gasteiger partial charge < -0.3 is 10.6 Å². The fourth-order valence-corrected chi connectivity index (χ4v) is 4.80. The molecule has 1 unspecified atom stereocenters. The molecule has 0 fully saturated rings. The van der Waals surface area contributed by atoms with Crippen LogP contribution in [0.3, 0.4) is 0 Å². The van der Waals surface area contributed by atoms with Crippen molar-refractivity contribution in [3.63, 3.8) is 0 Å². The SMILES string of the molecule is CCNC(=NCc1ccccc1CS(=O)(=O)NC(C)C)NCC(C)c1cccc(C)c1.I. The third kappa shape index (κ3) is 9.87. The van der Waals surface area contributed by atoms with E-state index in [0.29, 0.717) is 12.5 Å². The molecule has 3 N–H and O–H groups in total. The van der Waals surface area contributed by atoms with E-state index < -0.39 is 10.0 Å². The van der Waals surface area contributed by atoms with Crippen LogP contribution in [0, 0.1) is 6.92 Å². The molecule has 0 saturated carbocycles. The van der Waals surface area contributed by atoms with E-state index in [4.69, 9.17) is 4.99 Å². The van der Waals surface area contributed by atoms with Gasteiger partial charge in [-0.15, -0.1) is 24.0 Å². The molecule has 32 heavy (non-hydrogen) atoms. The Morgan fingerprint density at radius 2 is 1.69 bits per heavy atom. The summed E-state index contributed by atoms with van der Waals surface area (Å²) in [6.45, 7) is 11.9. The van der Waals surface area contributed by atoms with E-state index in [1.165, 1.54) is 11.1 Å². The van der Waals surface area contributed by atoms with Gasteiger partial charge in [-0.05, 0) is 50.3 Å². The summed E-state index contributed by atoms with van der Waals surface area (Å²) in [6.07, 6.45) is 0. The van der Waals surface area contributed by atoms with Crippen molar-refractivity contribution in [3.05, 3.63) is 70.8 Å². The zero-order chi connectivity index (χ0) is 22.9.